The van der Waals surface area contributed by atoms with Gasteiger partial charge in [-0.3, -0.25) is 9.69 Å². The zero-order chi connectivity index (χ0) is 18.0. The van der Waals surface area contributed by atoms with Crippen LogP contribution in [0.15, 0.2) is 36.2 Å². The first kappa shape index (κ1) is 17.7. The van der Waals surface area contributed by atoms with Gasteiger partial charge in [-0.15, -0.1) is 0 Å². The lowest BCUT2D eigenvalue weighted by atomic mass is 9.98. The number of hydrogen-bond donors (Lipinski definition) is 0. The van der Waals surface area contributed by atoms with Crippen LogP contribution in [-0.4, -0.2) is 51.3 Å². The Kier molecular flexibility index (Phi) is 5.23. The second-order valence-electron chi connectivity index (χ2n) is 7.04. The molecule has 0 bridgehead atoms. The van der Waals surface area contributed by atoms with E-state index >= 15 is 0 Å². The first-order valence-corrected chi connectivity index (χ1v) is 9.07. The standard InChI is InChI=1S/C20H28N4O/c1-5-19(22(4)16(3)25)17-7-6-10-23(12-17)13-18-14-24-11-15(2)8-9-20(24)21-18/h7-9,11,14,19H,5-6,10,12-13H2,1-4H3/t19-/m1/s1. The highest BCUT2D eigenvalue weighted by atomic mass is 16.2. The average molecular weight is 340 g/mol. The van der Waals surface area contributed by atoms with Gasteiger partial charge in [-0.25, -0.2) is 4.98 Å². The Balaban J connectivity index is 1.71. The van der Waals surface area contributed by atoms with Crippen LogP contribution in [0.2, 0.25) is 0 Å². The van der Waals surface area contributed by atoms with Crippen LogP contribution < -0.4 is 0 Å². The van der Waals surface area contributed by atoms with Gasteiger partial charge >= 0.3 is 0 Å². The number of carbonyl (C=O) groups excluding carboxylic acids is 1. The predicted molar refractivity (Wildman–Crippen MR) is 100 cm³/mol. The van der Waals surface area contributed by atoms with E-state index in [-0.39, 0.29) is 11.9 Å². The molecule has 5 nitrogen and oxygen atoms in total. The Morgan fingerprint density at radius 1 is 1.36 bits per heavy atom. The minimum absolute atomic E-state index is 0.126. The van der Waals surface area contributed by atoms with Crippen molar-refractivity contribution in [2.45, 2.75) is 46.2 Å². The first-order valence-electron chi connectivity index (χ1n) is 9.07. The molecule has 0 spiro atoms. The molecular formula is C20H28N4O. The van der Waals surface area contributed by atoms with Gasteiger partial charge in [0.1, 0.15) is 5.65 Å². The van der Waals surface area contributed by atoms with E-state index in [2.05, 4.69) is 53.8 Å². The third-order valence-corrected chi connectivity index (χ3v) is 5.07. The molecule has 0 saturated heterocycles. The van der Waals surface area contributed by atoms with Crippen LogP contribution in [0.5, 0.6) is 0 Å². The van der Waals surface area contributed by atoms with Crippen molar-refractivity contribution in [2.24, 2.45) is 0 Å². The number of rotatable bonds is 5. The van der Waals surface area contributed by atoms with Gasteiger partial charge in [-0.1, -0.05) is 19.1 Å². The highest BCUT2D eigenvalue weighted by Crippen LogP contribution is 2.21. The smallest absolute Gasteiger partial charge is 0.219 e. The highest BCUT2D eigenvalue weighted by Gasteiger charge is 2.24. The van der Waals surface area contributed by atoms with Crippen molar-refractivity contribution in [1.29, 1.82) is 0 Å². The molecule has 25 heavy (non-hydrogen) atoms. The van der Waals surface area contributed by atoms with Gasteiger partial charge in [0.25, 0.3) is 0 Å². The van der Waals surface area contributed by atoms with Crippen molar-refractivity contribution in [2.75, 3.05) is 20.1 Å². The Labute approximate surface area is 149 Å². The topological polar surface area (TPSA) is 40.9 Å². The molecule has 0 radical (unpaired) electrons. The normalized spacial score (nSPS) is 16.7. The number of likely N-dealkylation sites (N-methyl/N-ethyl adjacent to an activating group) is 1. The summed E-state index contributed by atoms with van der Waals surface area (Å²) in [5.74, 6) is 0.126. The number of fused-ring (bicyclic) bond motifs is 1. The Bertz CT molecular complexity index is 792. The van der Waals surface area contributed by atoms with Gasteiger partial charge in [0.15, 0.2) is 0 Å². The van der Waals surface area contributed by atoms with E-state index in [1.54, 1.807) is 6.92 Å². The van der Waals surface area contributed by atoms with Crippen LogP contribution in [0.3, 0.4) is 0 Å². The molecule has 0 saturated carbocycles. The summed E-state index contributed by atoms with van der Waals surface area (Å²) in [6, 6.07) is 4.36. The van der Waals surface area contributed by atoms with Gasteiger partial charge in [-0.05, 0) is 37.0 Å². The molecule has 0 N–H and O–H groups in total. The zero-order valence-corrected chi connectivity index (χ0v) is 15.7. The minimum Gasteiger partial charge on any atom is -0.339 e. The van der Waals surface area contributed by atoms with Gasteiger partial charge in [-0.2, -0.15) is 0 Å². The van der Waals surface area contributed by atoms with E-state index < -0.39 is 0 Å². The summed E-state index contributed by atoms with van der Waals surface area (Å²) in [5.41, 5.74) is 4.68. The summed E-state index contributed by atoms with van der Waals surface area (Å²) in [5, 5.41) is 0. The van der Waals surface area contributed by atoms with Gasteiger partial charge in [0.2, 0.25) is 5.91 Å². The molecule has 5 heteroatoms. The van der Waals surface area contributed by atoms with Crippen molar-refractivity contribution < 1.29 is 4.79 Å². The van der Waals surface area contributed by atoms with E-state index in [0.717, 1.165) is 43.8 Å². The van der Waals surface area contributed by atoms with E-state index in [1.807, 2.05) is 11.9 Å². The molecule has 0 aliphatic carbocycles. The molecule has 2 aromatic rings. The number of aromatic nitrogens is 2. The van der Waals surface area contributed by atoms with Crippen LogP contribution in [0.1, 0.15) is 37.9 Å². The zero-order valence-electron chi connectivity index (χ0n) is 15.7. The van der Waals surface area contributed by atoms with Crippen molar-refractivity contribution in [3.05, 3.63) is 47.4 Å². The first-order chi connectivity index (χ1) is 12.0. The monoisotopic (exact) mass is 340 g/mol. The van der Waals surface area contributed by atoms with E-state index in [1.165, 1.54) is 11.1 Å². The molecule has 1 atom stereocenters. The van der Waals surface area contributed by atoms with E-state index in [9.17, 15) is 4.79 Å². The second-order valence-corrected chi connectivity index (χ2v) is 7.04. The number of hydrogen-bond acceptors (Lipinski definition) is 3. The molecule has 0 fully saturated rings. The number of nitrogens with zero attached hydrogens (tertiary/aromatic N) is 4. The molecule has 134 valence electrons. The van der Waals surface area contributed by atoms with Gasteiger partial charge in [0.05, 0.1) is 11.7 Å². The fourth-order valence-electron chi connectivity index (χ4n) is 3.68. The Morgan fingerprint density at radius 3 is 2.88 bits per heavy atom. The third-order valence-electron chi connectivity index (χ3n) is 5.07. The Morgan fingerprint density at radius 2 is 2.16 bits per heavy atom. The lowest BCUT2D eigenvalue weighted by molar-refractivity contribution is -0.129. The maximum Gasteiger partial charge on any atom is 0.219 e. The maximum atomic E-state index is 11.8. The Hall–Kier alpha value is -2.14. The molecule has 1 aliphatic heterocycles. The van der Waals surface area contributed by atoms with E-state index in [0.29, 0.717) is 0 Å². The van der Waals surface area contributed by atoms with Crippen molar-refractivity contribution in [1.82, 2.24) is 19.2 Å². The summed E-state index contributed by atoms with van der Waals surface area (Å²) in [4.78, 5) is 20.8. The van der Waals surface area contributed by atoms with Crippen molar-refractivity contribution in [3.8, 4) is 0 Å². The summed E-state index contributed by atoms with van der Waals surface area (Å²) in [7, 11) is 1.90. The highest BCUT2D eigenvalue weighted by molar-refractivity contribution is 5.73. The SMILES string of the molecule is CC[C@H](C1=CCCN(Cc2cn3cc(C)ccc3n2)C1)N(C)C(C)=O. The minimum atomic E-state index is 0.126. The predicted octanol–water partition coefficient (Wildman–Crippen LogP) is 3.03. The molecule has 2 aromatic heterocycles. The molecule has 3 heterocycles. The number of amides is 1. The summed E-state index contributed by atoms with van der Waals surface area (Å²) < 4.78 is 2.10. The van der Waals surface area contributed by atoms with Gasteiger partial charge in [0, 0.05) is 46.0 Å². The fourth-order valence-corrected chi connectivity index (χ4v) is 3.68. The largest absolute Gasteiger partial charge is 0.339 e. The van der Waals surface area contributed by atoms with Crippen LogP contribution in [0.25, 0.3) is 5.65 Å². The molecular weight excluding hydrogens is 312 g/mol. The third kappa shape index (κ3) is 3.93. The van der Waals surface area contributed by atoms with Crippen LogP contribution >= 0.6 is 0 Å². The molecule has 1 amide bonds. The summed E-state index contributed by atoms with van der Waals surface area (Å²) >= 11 is 0. The lowest BCUT2D eigenvalue weighted by Crippen LogP contribution is -2.41. The van der Waals surface area contributed by atoms with Crippen molar-refractivity contribution >= 4 is 11.6 Å². The molecule has 3 rings (SSSR count). The number of carbonyl (C=O) groups is 1. The summed E-state index contributed by atoms with van der Waals surface area (Å²) in [6.07, 6.45) is 8.53. The molecule has 0 aromatic carbocycles. The molecule has 0 unspecified atom stereocenters. The van der Waals surface area contributed by atoms with Crippen LogP contribution in [0.4, 0.5) is 0 Å². The number of aryl methyl sites for hydroxylation is 1. The van der Waals surface area contributed by atoms with Crippen LogP contribution in [0, 0.1) is 6.92 Å². The average Bonchev–Trinajstić information content (AvgIpc) is 2.97. The molecule has 1 aliphatic rings. The van der Waals surface area contributed by atoms with E-state index in [4.69, 9.17) is 4.98 Å². The van der Waals surface area contributed by atoms with Crippen LogP contribution in [-0.2, 0) is 11.3 Å². The second kappa shape index (κ2) is 7.40. The number of pyridine rings is 1. The van der Waals surface area contributed by atoms with Gasteiger partial charge < -0.3 is 9.30 Å². The quantitative estimate of drug-likeness (QED) is 0.786. The van der Waals surface area contributed by atoms with Crippen molar-refractivity contribution in [3.63, 3.8) is 0 Å². The summed E-state index contributed by atoms with van der Waals surface area (Å²) in [6.45, 7) is 8.67. The fraction of sp³-hybridized carbons (Fsp3) is 0.500. The number of imidazole rings is 1. The maximum absolute atomic E-state index is 11.8. The lowest BCUT2D eigenvalue weighted by Gasteiger charge is -2.34.